The minimum Gasteiger partial charge on any atom is -0.467 e. The third-order valence-electron chi connectivity index (χ3n) is 6.03. The van der Waals surface area contributed by atoms with Gasteiger partial charge in [0, 0.05) is 19.1 Å². The Morgan fingerprint density at radius 1 is 1.21 bits per heavy atom. The molecule has 9 heteroatoms. The van der Waals surface area contributed by atoms with Crippen LogP contribution in [0.15, 0.2) is 51.9 Å². The molecule has 1 aromatic carbocycles. The number of hydrogen-bond acceptors (Lipinski definition) is 6. The average Bonchev–Trinajstić information content (AvgIpc) is 3.40. The predicted molar refractivity (Wildman–Crippen MR) is 123 cm³/mol. The van der Waals surface area contributed by atoms with E-state index in [4.69, 9.17) is 9.15 Å². The molecule has 0 radical (unpaired) electrons. The Morgan fingerprint density at radius 3 is 2.82 bits per heavy atom. The molecule has 5 rings (SSSR count). The van der Waals surface area contributed by atoms with Crippen LogP contribution in [0.1, 0.15) is 28.6 Å². The van der Waals surface area contributed by atoms with E-state index in [2.05, 4.69) is 15.3 Å². The minimum absolute atomic E-state index is 0.220. The van der Waals surface area contributed by atoms with Gasteiger partial charge in [-0.15, -0.1) is 5.10 Å². The molecule has 172 valence electrons. The second kappa shape index (κ2) is 8.84. The van der Waals surface area contributed by atoms with Crippen molar-refractivity contribution in [2.45, 2.75) is 33.0 Å². The van der Waals surface area contributed by atoms with Crippen LogP contribution >= 0.6 is 0 Å². The Bertz CT molecular complexity index is 1360. The molecule has 1 atom stereocenters. The molecule has 4 aromatic rings. The van der Waals surface area contributed by atoms with Crippen molar-refractivity contribution in [1.82, 2.24) is 24.4 Å². The minimum atomic E-state index is -0.308. The first-order valence-electron chi connectivity index (χ1n) is 11.2. The molecular weight excluding hydrogens is 422 g/mol. The Labute approximate surface area is 190 Å². The summed E-state index contributed by atoms with van der Waals surface area (Å²) in [5.74, 6) is 0.409. The van der Waals surface area contributed by atoms with Gasteiger partial charge < -0.3 is 14.5 Å². The maximum atomic E-state index is 13.1. The molecule has 9 nitrogen and oxygen atoms in total. The van der Waals surface area contributed by atoms with Crippen LogP contribution in [0.3, 0.4) is 0 Å². The van der Waals surface area contributed by atoms with Gasteiger partial charge in [-0.3, -0.25) is 9.69 Å². The second-order valence-corrected chi connectivity index (χ2v) is 8.53. The van der Waals surface area contributed by atoms with Crippen LogP contribution in [0.2, 0.25) is 0 Å². The standard InChI is InChI=1S/C24H27N5O4/c1-16-13-18-5-3-4-6-20(18)29-22(16)26-28(24(29)31)14-17(2)25-23(30)19-7-10-33-21(19)15-27-8-11-32-12-9-27/h3-7,10,13,17H,8-9,11-12,14-15H2,1-2H3,(H,25,30). The number of amides is 1. The van der Waals surface area contributed by atoms with Crippen molar-refractivity contribution in [3.8, 4) is 0 Å². The van der Waals surface area contributed by atoms with E-state index in [0.29, 0.717) is 36.7 Å². The van der Waals surface area contributed by atoms with Crippen molar-refractivity contribution in [3.05, 3.63) is 70.0 Å². The number of rotatable bonds is 6. The van der Waals surface area contributed by atoms with E-state index in [1.165, 1.54) is 10.9 Å². The van der Waals surface area contributed by atoms with Crippen molar-refractivity contribution in [1.29, 1.82) is 0 Å². The molecule has 33 heavy (non-hydrogen) atoms. The number of morpholine rings is 1. The van der Waals surface area contributed by atoms with Crippen LogP contribution in [0, 0.1) is 6.92 Å². The summed E-state index contributed by atoms with van der Waals surface area (Å²) < 4.78 is 14.0. The van der Waals surface area contributed by atoms with E-state index < -0.39 is 0 Å². The monoisotopic (exact) mass is 449 g/mol. The maximum absolute atomic E-state index is 13.1. The SMILES string of the molecule is Cc1cc2ccccc2n2c(=O)n(CC(C)NC(=O)c3ccoc3CN3CCOCC3)nc12. The van der Waals surface area contributed by atoms with Gasteiger partial charge in [0.1, 0.15) is 5.76 Å². The summed E-state index contributed by atoms with van der Waals surface area (Å²) in [4.78, 5) is 28.3. The predicted octanol–water partition coefficient (Wildman–Crippen LogP) is 2.20. The molecule has 0 aliphatic carbocycles. The summed E-state index contributed by atoms with van der Waals surface area (Å²) in [6.45, 7) is 7.61. The normalized spacial score (nSPS) is 15.8. The first-order chi connectivity index (χ1) is 16.0. The number of fused-ring (bicyclic) bond motifs is 3. The van der Waals surface area contributed by atoms with Crippen molar-refractivity contribution >= 4 is 22.5 Å². The molecule has 4 heterocycles. The number of pyridine rings is 1. The first-order valence-corrected chi connectivity index (χ1v) is 11.2. The lowest BCUT2D eigenvalue weighted by atomic mass is 10.1. The smallest absolute Gasteiger partial charge is 0.350 e. The van der Waals surface area contributed by atoms with E-state index >= 15 is 0 Å². The number of nitrogens with zero attached hydrogens (tertiary/aromatic N) is 4. The Hall–Kier alpha value is -3.43. The number of ether oxygens (including phenoxy) is 1. The topological polar surface area (TPSA) is 94.0 Å². The van der Waals surface area contributed by atoms with Crippen molar-refractivity contribution in [2.75, 3.05) is 26.3 Å². The van der Waals surface area contributed by atoms with Gasteiger partial charge in [-0.1, -0.05) is 18.2 Å². The zero-order valence-corrected chi connectivity index (χ0v) is 18.8. The van der Waals surface area contributed by atoms with Gasteiger partial charge in [0.2, 0.25) is 0 Å². The molecule has 0 bridgehead atoms. The lowest BCUT2D eigenvalue weighted by Gasteiger charge is -2.25. The summed E-state index contributed by atoms with van der Waals surface area (Å²) in [6, 6.07) is 11.2. The summed E-state index contributed by atoms with van der Waals surface area (Å²) in [5, 5.41) is 8.51. The zero-order valence-electron chi connectivity index (χ0n) is 18.8. The number of hydrogen-bond donors (Lipinski definition) is 1. The first kappa shape index (κ1) is 21.4. The van der Waals surface area contributed by atoms with Gasteiger partial charge >= 0.3 is 5.69 Å². The van der Waals surface area contributed by atoms with Gasteiger partial charge in [-0.05, 0) is 43.0 Å². The summed E-state index contributed by atoms with van der Waals surface area (Å²) >= 11 is 0. The lowest BCUT2D eigenvalue weighted by Crippen LogP contribution is -2.39. The van der Waals surface area contributed by atoms with E-state index in [0.717, 1.165) is 29.6 Å². The number of para-hydroxylation sites is 1. The van der Waals surface area contributed by atoms with Crippen LogP contribution < -0.4 is 11.0 Å². The van der Waals surface area contributed by atoms with Gasteiger partial charge in [-0.2, -0.15) is 0 Å². The number of aryl methyl sites for hydroxylation is 1. The van der Waals surface area contributed by atoms with Crippen LogP contribution in [0.25, 0.3) is 16.6 Å². The van der Waals surface area contributed by atoms with E-state index in [1.807, 2.05) is 44.2 Å². The molecule has 0 spiro atoms. The van der Waals surface area contributed by atoms with Crippen LogP contribution in [0.5, 0.6) is 0 Å². The zero-order chi connectivity index (χ0) is 22.9. The lowest BCUT2D eigenvalue weighted by molar-refractivity contribution is 0.0312. The highest BCUT2D eigenvalue weighted by molar-refractivity contribution is 5.95. The van der Waals surface area contributed by atoms with Gasteiger partial charge in [0.15, 0.2) is 5.65 Å². The molecule has 1 fully saturated rings. The Kier molecular flexibility index (Phi) is 5.74. The summed E-state index contributed by atoms with van der Waals surface area (Å²) in [6.07, 6.45) is 1.54. The third kappa shape index (κ3) is 4.17. The van der Waals surface area contributed by atoms with Crippen molar-refractivity contribution in [2.24, 2.45) is 0 Å². The largest absolute Gasteiger partial charge is 0.467 e. The fraction of sp³-hybridized carbons (Fsp3) is 0.375. The summed E-state index contributed by atoms with van der Waals surface area (Å²) in [5.41, 5.74) is 2.66. The molecule has 1 N–H and O–H groups in total. The maximum Gasteiger partial charge on any atom is 0.350 e. The number of furan rings is 1. The van der Waals surface area contributed by atoms with Gasteiger partial charge in [-0.25, -0.2) is 13.9 Å². The molecule has 1 amide bonds. The van der Waals surface area contributed by atoms with E-state index in [-0.39, 0.29) is 24.2 Å². The molecule has 1 aliphatic heterocycles. The highest BCUT2D eigenvalue weighted by atomic mass is 16.5. The number of nitrogens with one attached hydrogen (secondary N) is 1. The van der Waals surface area contributed by atoms with Crippen molar-refractivity contribution < 1.29 is 13.9 Å². The Morgan fingerprint density at radius 2 is 2.00 bits per heavy atom. The third-order valence-corrected chi connectivity index (χ3v) is 6.03. The molecule has 0 saturated carbocycles. The highest BCUT2D eigenvalue weighted by Gasteiger charge is 2.21. The van der Waals surface area contributed by atoms with Gasteiger partial charge in [0.25, 0.3) is 5.91 Å². The van der Waals surface area contributed by atoms with Crippen molar-refractivity contribution in [3.63, 3.8) is 0 Å². The molecule has 1 aliphatic rings. The van der Waals surface area contributed by atoms with Gasteiger partial charge in [0.05, 0.1) is 43.6 Å². The number of benzene rings is 1. The second-order valence-electron chi connectivity index (χ2n) is 8.53. The van der Waals surface area contributed by atoms with Crippen LogP contribution in [-0.4, -0.2) is 57.3 Å². The quantitative estimate of drug-likeness (QED) is 0.485. The Balaban J connectivity index is 1.33. The van der Waals surface area contributed by atoms with Crippen LogP contribution in [0.4, 0.5) is 0 Å². The molecule has 1 unspecified atom stereocenters. The average molecular weight is 450 g/mol. The number of aromatic nitrogens is 3. The fourth-order valence-corrected chi connectivity index (χ4v) is 4.34. The fourth-order valence-electron chi connectivity index (χ4n) is 4.34. The summed E-state index contributed by atoms with van der Waals surface area (Å²) in [7, 11) is 0. The highest BCUT2D eigenvalue weighted by Crippen LogP contribution is 2.18. The number of carbonyl (C=O) groups excluding carboxylic acids is 1. The molecule has 1 saturated heterocycles. The van der Waals surface area contributed by atoms with Crippen LogP contribution in [-0.2, 0) is 17.8 Å². The van der Waals surface area contributed by atoms with E-state index in [9.17, 15) is 9.59 Å². The molecule has 3 aromatic heterocycles. The van der Waals surface area contributed by atoms with E-state index in [1.54, 1.807) is 10.5 Å². The number of carbonyl (C=O) groups is 1. The molecular formula is C24H27N5O4.